The quantitative estimate of drug-likeness (QED) is 0.635. The van der Waals surface area contributed by atoms with Crippen molar-refractivity contribution in [3.8, 4) is 0 Å². The van der Waals surface area contributed by atoms with Gasteiger partial charge in [0.2, 0.25) is 0 Å². The van der Waals surface area contributed by atoms with Gasteiger partial charge in [0.1, 0.15) is 0 Å². The molecule has 1 aromatic carbocycles. The van der Waals surface area contributed by atoms with Crippen molar-refractivity contribution in [1.29, 1.82) is 0 Å². The van der Waals surface area contributed by atoms with E-state index >= 15 is 0 Å². The third kappa shape index (κ3) is 3.43. The molecule has 0 amide bonds. The number of hydrogen-bond acceptors (Lipinski definition) is 0. The Morgan fingerprint density at radius 3 is 2.31 bits per heavy atom. The van der Waals surface area contributed by atoms with Gasteiger partial charge < -0.3 is 0 Å². The minimum absolute atomic E-state index is 1.27. The largest absolute Gasteiger partial charge is 0.107 e. The maximum Gasteiger partial charge on any atom is 0.0948 e. The van der Waals surface area contributed by atoms with E-state index in [1.807, 2.05) is 6.07 Å². The van der Waals surface area contributed by atoms with Gasteiger partial charge in [-0.2, -0.15) is 0 Å². The van der Waals surface area contributed by atoms with Crippen LogP contribution in [0.15, 0.2) is 48.3 Å². The summed E-state index contributed by atoms with van der Waals surface area (Å²) in [6.07, 6.45) is 2.19. The van der Waals surface area contributed by atoms with Gasteiger partial charge in [-0.15, -0.1) is 6.58 Å². The van der Waals surface area contributed by atoms with Crippen LogP contribution >= 0.6 is 0 Å². The highest BCUT2D eigenvalue weighted by Gasteiger charge is 2.09. The average Bonchev–Trinajstić information content (AvgIpc) is 2.17. The molecule has 0 spiro atoms. The standard InChI is InChI=1S/C12H16Si/c1-4-13(2,3)11-10-12-8-6-5-7-9-12/h4-11H,1H2,2-3H3/b11-10+. The topological polar surface area (TPSA) is 0 Å². The van der Waals surface area contributed by atoms with Crippen molar-refractivity contribution in [3.05, 3.63) is 53.9 Å². The summed E-state index contributed by atoms with van der Waals surface area (Å²) >= 11 is 0. The minimum atomic E-state index is -1.28. The molecule has 1 rings (SSSR count). The normalized spacial score (nSPS) is 11.8. The van der Waals surface area contributed by atoms with Crippen molar-refractivity contribution >= 4 is 14.1 Å². The Bertz CT molecular complexity index is 296. The Morgan fingerprint density at radius 1 is 1.15 bits per heavy atom. The Kier molecular flexibility index (Phi) is 3.26. The van der Waals surface area contributed by atoms with Crippen LogP contribution in [-0.2, 0) is 0 Å². The average molecular weight is 188 g/mol. The molecule has 0 aliphatic heterocycles. The lowest BCUT2D eigenvalue weighted by Crippen LogP contribution is -2.17. The molecule has 1 aromatic rings. The molecule has 0 bridgehead atoms. The lowest BCUT2D eigenvalue weighted by Gasteiger charge is -2.09. The maximum absolute atomic E-state index is 3.86. The van der Waals surface area contributed by atoms with E-state index in [0.717, 1.165) is 0 Å². The molecule has 0 atom stereocenters. The predicted molar refractivity (Wildman–Crippen MR) is 63.2 cm³/mol. The highest BCUT2D eigenvalue weighted by molar-refractivity contribution is 6.87. The van der Waals surface area contributed by atoms with Crippen LogP contribution in [0.2, 0.25) is 13.1 Å². The van der Waals surface area contributed by atoms with Crippen LogP contribution in [0.4, 0.5) is 0 Å². The summed E-state index contributed by atoms with van der Waals surface area (Å²) in [5.74, 6) is 0. The van der Waals surface area contributed by atoms with Gasteiger partial charge in [-0.25, -0.2) is 0 Å². The molecule has 0 aliphatic rings. The van der Waals surface area contributed by atoms with E-state index in [-0.39, 0.29) is 0 Å². The molecule has 0 nitrogen and oxygen atoms in total. The minimum Gasteiger partial charge on any atom is -0.107 e. The first-order valence-electron chi connectivity index (χ1n) is 4.52. The molecule has 0 saturated carbocycles. The molecule has 68 valence electrons. The molecule has 0 fully saturated rings. The Hall–Kier alpha value is -1.08. The smallest absolute Gasteiger partial charge is 0.0948 e. The van der Waals surface area contributed by atoms with E-state index in [1.165, 1.54) is 5.56 Å². The lowest BCUT2D eigenvalue weighted by molar-refractivity contribution is 1.66. The summed E-state index contributed by atoms with van der Waals surface area (Å²) in [7, 11) is -1.28. The van der Waals surface area contributed by atoms with Gasteiger partial charge in [0.05, 0.1) is 8.07 Å². The van der Waals surface area contributed by atoms with Crippen molar-refractivity contribution in [2.75, 3.05) is 0 Å². The molecule has 0 aromatic heterocycles. The Balaban J connectivity index is 2.75. The number of rotatable bonds is 3. The molecule has 0 aliphatic carbocycles. The number of benzene rings is 1. The van der Waals surface area contributed by atoms with Crippen molar-refractivity contribution in [2.45, 2.75) is 13.1 Å². The van der Waals surface area contributed by atoms with Crippen LogP contribution in [0.5, 0.6) is 0 Å². The fourth-order valence-electron chi connectivity index (χ4n) is 0.943. The van der Waals surface area contributed by atoms with Gasteiger partial charge in [0, 0.05) is 0 Å². The lowest BCUT2D eigenvalue weighted by atomic mass is 10.2. The second-order valence-electron chi connectivity index (χ2n) is 3.77. The molecule has 0 saturated heterocycles. The highest BCUT2D eigenvalue weighted by atomic mass is 28.3. The van der Waals surface area contributed by atoms with Crippen LogP contribution in [0.1, 0.15) is 5.56 Å². The van der Waals surface area contributed by atoms with Crippen LogP contribution < -0.4 is 0 Å². The third-order valence-corrected chi connectivity index (χ3v) is 4.11. The summed E-state index contributed by atoms with van der Waals surface area (Å²) < 4.78 is 0. The van der Waals surface area contributed by atoms with Gasteiger partial charge in [0.25, 0.3) is 0 Å². The van der Waals surface area contributed by atoms with Crippen molar-refractivity contribution in [1.82, 2.24) is 0 Å². The molecule has 13 heavy (non-hydrogen) atoms. The molecule has 0 unspecified atom stereocenters. The molecular formula is C12H16Si. The zero-order valence-electron chi connectivity index (χ0n) is 8.33. The first-order chi connectivity index (χ1) is 6.14. The zero-order chi connectivity index (χ0) is 9.73. The van der Waals surface area contributed by atoms with Crippen LogP contribution in [0.25, 0.3) is 6.08 Å². The zero-order valence-corrected chi connectivity index (χ0v) is 9.33. The van der Waals surface area contributed by atoms with Crippen LogP contribution in [-0.4, -0.2) is 8.07 Å². The van der Waals surface area contributed by atoms with Gasteiger partial charge in [-0.05, 0) is 5.56 Å². The Labute approximate surface area is 81.6 Å². The molecule has 0 radical (unpaired) electrons. The first-order valence-corrected chi connectivity index (χ1v) is 7.67. The van der Waals surface area contributed by atoms with E-state index in [1.54, 1.807) is 0 Å². The van der Waals surface area contributed by atoms with Gasteiger partial charge in [-0.1, -0.05) is 60.9 Å². The summed E-state index contributed by atoms with van der Waals surface area (Å²) in [6.45, 7) is 8.41. The summed E-state index contributed by atoms with van der Waals surface area (Å²) in [6, 6.07) is 10.4. The number of hydrogen-bond donors (Lipinski definition) is 0. The highest BCUT2D eigenvalue weighted by Crippen LogP contribution is 2.08. The first kappa shape index (κ1) is 10.0. The summed E-state index contributed by atoms with van der Waals surface area (Å²) in [5.41, 5.74) is 5.66. The van der Waals surface area contributed by atoms with Gasteiger partial charge in [0.15, 0.2) is 0 Å². The monoisotopic (exact) mass is 188 g/mol. The second kappa shape index (κ2) is 4.24. The fourth-order valence-corrected chi connectivity index (χ4v) is 1.70. The molecule has 0 heterocycles. The van der Waals surface area contributed by atoms with Crippen molar-refractivity contribution < 1.29 is 0 Å². The predicted octanol–water partition coefficient (Wildman–Crippen LogP) is 3.67. The van der Waals surface area contributed by atoms with E-state index in [2.05, 4.69) is 61.4 Å². The van der Waals surface area contributed by atoms with Crippen molar-refractivity contribution in [3.63, 3.8) is 0 Å². The molecular weight excluding hydrogens is 172 g/mol. The van der Waals surface area contributed by atoms with Gasteiger partial charge >= 0.3 is 0 Å². The Morgan fingerprint density at radius 2 is 1.77 bits per heavy atom. The fraction of sp³-hybridized carbons (Fsp3) is 0.167. The molecule has 1 heteroatoms. The maximum atomic E-state index is 3.86. The van der Waals surface area contributed by atoms with Crippen LogP contribution in [0.3, 0.4) is 0 Å². The van der Waals surface area contributed by atoms with Crippen LogP contribution in [0, 0.1) is 0 Å². The summed E-state index contributed by atoms with van der Waals surface area (Å²) in [5, 5.41) is 0. The van der Waals surface area contributed by atoms with E-state index in [4.69, 9.17) is 0 Å². The SMILES string of the molecule is C=C[Si](C)(C)/C=C/c1ccccc1. The van der Waals surface area contributed by atoms with E-state index in [9.17, 15) is 0 Å². The second-order valence-corrected chi connectivity index (χ2v) is 8.15. The van der Waals surface area contributed by atoms with Crippen molar-refractivity contribution in [2.24, 2.45) is 0 Å². The van der Waals surface area contributed by atoms with Gasteiger partial charge in [-0.3, -0.25) is 0 Å². The third-order valence-electron chi connectivity index (χ3n) is 2.03. The van der Waals surface area contributed by atoms with E-state index < -0.39 is 8.07 Å². The van der Waals surface area contributed by atoms with E-state index in [0.29, 0.717) is 0 Å². The summed E-state index contributed by atoms with van der Waals surface area (Å²) in [4.78, 5) is 0. The molecule has 0 N–H and O–H groups in total.